The number of carbonyl (C=O) groups excluding carboxylic acids is 2. The van der Waals surface area contributed by atoms with Crippen molar-refractivity contribution in [2.45, 2.75) is 6.92 Å². The van der Waals surface area contributed by atoms with Gasteiger partial charge in [-0.25, -0.2) is 4.98 Å². The van der Waals surface area contributed by atoms with Gasteiger partial charge in [0.2, 0.25) is 5.91 Å². The number of rotatable bonds is 6. The molecule has 0 bridgehead atoms. The van der Waals surface area contributed by atoms with Crippen LogP contribution < -0.4 is 20.9 Å². The van der Waals surface area contributed by atoms with Crippen molar-refractivity contribution in [3.63, 3.8) is 0 Å². The summed E-state index contributed by atoms with van der Waals surface area (Å²) in [6, 6.07) is 15.1. The Labute approximate surface area is 184 Å². The van der Waals surface area contributed by atoms with Gasteiger partial charge in [0.25, 0.3) is 5.91 Å². The summed E-state index contributed by atoms with van der Waals surface area (Å²) in [6.07, 6.45) is 0. The van der Waals surface area contributed by atoms with Gasteiger partial charge in [0.05, 0.1) is 13.2 Å². The molecule has 0 atom stereocenters. The fourth-order valence-corrected chi connectivity index (χ4v) is 3.88. The number of carbonyl (C=O) groups is 2. The van der Waals surface area contributed by atoms with Crippen molar-refractivity contribution >= 4 is 51.0 Å². The number of benzene rings is 2. The molecule has 2 aromatic carbocycles. The topological polar surface area (TPSA) is 95.6 Å². The predicted molar refractivity (Wildman–Crippen MR) is 124 cm³/mol. The zero-order chi connectivity index (χ0) is 21.6. The molecule has 2 heterocycles. The lowest BCUT2D eigenvalue weighted by Gasteiger charge is -2.28. The monoisotopic (exact) mass is 437 g/mol. The molecule has 0 radical (unpaired) electrons. The van der Waals surface area contributed by atoms with Crippen LogP contribution in [0.5, 0.6) is 0 Å². The molecular weight excluding hydrogens is 414 g/mol. The van der Waals surface area contributed by atoms with Gasteiger partial charge in [0.1, 0.15) is 5.69 Å². The third kappa shape index (κ3) is 5.59. The molecule has 2 amide bonds. The summed E-state index contributed by atoms with van der Waals surface area (Å²) in [7, 11) is 0. The van der Waals surface area contributed by atoms with E-state index >= 15 is 0 Å². The summed E-state index contributed by atoms with van der Waals surface area (Å²) < 4.78 is 5.39. The first kappa shape index (κ1) is 20.8. The zero-order valence-corrected chi connectivity index (χ0v) is 17.9. The Kier molecular flexibility index (Phi) is 6.44. The van der Waals surface area contributed by atoms with Crippen LogP contribution in [0.1, 0.15) is 17.4 Å². The number of morpholine rings is 1. The summed E-state index contributed by atoms with van der Waals surface area (Å²) >= 11 is 1.37. The number of ether oxygens (including phenoxy) is 1. The first-order valence-electron chi connectivity index (χ1n) is 9.91. The van der Waals surface area contributed by atoms with E-state index in [0.717, 1.165) is 37.7 Å². The predicted octanol–water partition coefficient (Wildman–Crippen LogP) is 3.93. The van der Waals surface area contributed by atoms with Gasteiger partial charge < -0.3 is 25.6 Å². The minimum absolute atomic E-state index is 0.143. The van der Waals surface area contributed by atoms with Gasteiger partial charge in [-0.05, 0) is 48.5 Å². The molecule has 1 fully saturated rings. The Bertz CT molecular complexity index is 1040. The third-order valence-corrected chi connectivity index (χ3v) is 5.45. The van der Waals surface area contributed by atoms with Gasteiger partial charge in [0.15, 0.2) is 5.13 Å². The Morgan fingerprint density at radius 3 is 2.19 bits per heavy atom. The van der Waals surface area contributed by atoms with E-state index in [4.69, 9.17) is 4.74 Å². The molecule has 0 spiro atoms. The lowest BCUT2D eigenvalue weighted by molar-refractivity contribution is -0.114. The van der Waals surface area contributed by atoms with Crippen LogP contribution in [0.15, 0.2) is 53.9 Å². The lowest BCUT2D eigenvalue weighted by atomic mass is 10.2. The van der Waals surface area contributed by atoms with Crippen molar-refractivity contribution in [3.05, 3.63) is 59.6 Å². The molecule has 31 heavy (non-hydrogen) atoms. The Morgan fingerprint density at radius 2 is 1.55 bits per heavy atom. The molecule has 160 valence electrons. The van der Waals surface area contributed by atoms with Crippen LogP contribution in [-0.2, 0) is 9.53 Å². The van der Waals surface area contributed by atoms with Crippen LogP contribution in [0, 0.1) is 0 Å². The smallest absolute Gasteiger partial charge is 0.275 e. The summed E-state index contributed by atoms with van der Waals surface area (Å²) in [6.45, 7) is 4.75. The maximum atomic E-state index is 12.5. The lowest BCUT2D eigenvalue weighted by Crippen LogP contribution is -2.36. The highest BCUT2D eigenvalue weighted by atomic mass is 32.1. The van der Waals surface area contributed by atoms with Gasteiger partial charge in [-0.1, -0.05) is 0 Å². The number of thiazole rings is 1. The summed E-state index contributed by atoms with van der Waals surface area (Å²) in [5, 5.41) is 11.1. The summed E-state index contributed by atoms with van der Waals surface area (Å²) in [4.78, 5) is 30.2. The molecule has 3 aromatic rings. The van der Waals surface area contributed by atoms with E-state index in [1.54, 1.807) is 29.6 Å². The van der Waals surface area contributed by atoms with Gasteiger partial charge in [-0.15, -0.1) is 11.3 Å². The van der Waals surface area contributed by atoms with E-state index in [1.807, 2.05) is 12.1 Å². The number of hydrogen-bond acceptors (Lipinski definition) is 7. The molecule has 8 nitrogen and oxygen atoms in total. The number of hydrogen-bond donors (Lipinski definition) is 3. The standard InChI is InChI=1S/C22H23N5O3S/c1-15(28)23-16-2-4-17(5-3-16)24-21(29)20-14-31-22(26-20)25-18-6-8-19(9-7-18)27-10-12-30-13-11-27/h2-9,14H,10-13H2,1H3,(H,23,28)(H,24,29)(H,25,26). The maximum absolute atomic E-state index is 12.5. The average molecular weight is 438 g/mol. The fourth-order valence-electron chi connectivity index (χ4n) is 3.17. The van der Waals surface area contributed by atoms with E-state index in [2.05, 4.69) is 38.0 Å². The second kappa shape index (κ2) is 9.59. The van der Waals surface area contributed by atoms with Crippen molar-refractivity contribution in [1.29, 1.82) is 0 Å². The van der Waals surface area contributed by atoms with Crippen LogP contribution in [0.4, 0.5) is 27.9 Å². The van der Waals surface area contributed by atoms with E-state index < -0.39 is 0 Å². The van der Waals surface area contributed by atoms with Crippen LogP contribution in [0.3, 0.4) is 0 Å². The molecule has 1 aliphatic heterocycles. The van der Waals surface area contributed by atoms with Crippen molar-refractivity contribution in [2.75, 3.05) is 47.2 Å². The molecule has 3 N–H and O–H groups in total. The van der Waals surface area contributed by atoms with Crippen LogP contribution in [0.2, 0.25) is 0 Å². The summed E-state index contributed by atoms with van der Waals surface area (Å²) in [5.74, 6) is -0.436. The van der Waals surface area contributed by atoms with Gasteiger partial charge >= 0.3 is 0 Å². The first-order valence-corrected chi connectivity index (χ1v) is 10.8. The van der Waals surface area contributed by atoms with E-state index in [-0.39, 0.29) is 11.8 Å². The largest absolute Gasteiger partial charge is 0.378 e. The summed E-state index contributed by atoms with van der Waals surface area (Å²) in [5.41, 5.74) is 3.71. The molecule has 0 saturated carbocycles. The molecule has 4 rings (SSSR count). The number of amides is 2. The normalized spacial score (nSPS) is 13.5. The minimum atomic E-state index is -0.292. The van der Waals surface area contributed by atoms with E-state index in [9.17, 15) is 9.59 Å². The Morgan fingerprint density at radius 1 is 0.935 bits per heavy atom. The van der Waals surface area contributed by atoms with Crippen LogP contribution >= 0.6 is 11.3 Å². The zero-order valence-electron chi connectivity index (χ0n) is 17.1. The molecule has 1 aromatic heterocycles. The third-order valence-electron chi connectivity index (χ3n) is 4.69. The number of nitrogens with one attached hydrogen (secondary N) is 3. The second-order valence-corrected chi connectivity index (χ2v) is 7.88. The minimum Gasteiger partial charge on any atom is -0.378 e. The van der Waals surface area contributed by atoms with Gasteiger partial charge in [-0.3, -0.25) is 9.59 Å². The highest BCUT2D eigenvalue weighted by molar-refractivity contribution is 7.14. The van der Waals surface area contributed by atoms with Crippen molar-refractivity contribution < 1.29 is 14.3 Å². The molecule has 9 heteroatoms. The molecule has 1 saturated heterocycles. The van der Waals surface area contributed by atoms with Gasteiger partial charge in [0, 0.05) is 48.1 Å². The van der Waals surface area contributed by atoms with Crippen molar-refractivity contribution in [2.24, 2.45) is 0 Å². The quantitative estimate of drug-likeness (QED) is 0.541. The number of anilines is 5. The highest BCUT2D eigenvalue weighted by Crippen LogP contribution is 2.24. The van der Waals surface area contributed by atoms with Crippen molar-refractivity contribution in [3.8, 4) is 0 Å². The van der Waals surface area contributed by atoms with E-state index in [0.29, 0.717) is 22.2 Å². The molecule has 0 aliphatic carbocycles. The van der Waals surface area contributed by atoms with Crippen LogP contribution in [-0.4, -0.2) is 43.1 Å². The Hall–Kier alpha value is -3.43. The Balaban J connectivity index is 1.34. The first-order chi connectivity index (χ1) is 15.1. The highest BCUT2D eigenvalue weighted by Gasteiger charge is 2.13. The van der Waals surface area contributed by atoms with Crippen molar-refractivity contribution in [1.82, 2.24) is 4.98 Å². The average Bonchev–Trinajstić information content (AvgIpc) is 3.25. The number of nitrogens with zero attached hydrogens (tertiary/aromatic N) is 2. The molecular formula is C22H23N5O3S. The fraction of sp³-hybridized carbons (Fsp3) is 0.227. The molecule has 1 aliphatic rings. The number of aromatic nitrogens is 1. The molecule has 0 unspecified atom stereocenters. The SMILES string of the molecule is CC(=O)Nc1ccc(NC(=O)c2csc(Nc3ccc(N4CCOCC4)cc3)n2)cc1. The second-order valence-electron chi connectivity index (χ2n) is 7.02. The van der Waals surface area contributed by atoms with Crippen LogP contribution in [0.25, 0.3) is 0 Å². The van der Waals surface area contributed by atoms with E-state index in [1.165, 1.54) is 18.3 Å². The maximum Gasteiger partial charge on any atom is 0.275 e. The van der Waals surface area contributed by atoms with Gasteiger partial charge in [-0.2, -0.15) is 0 Å².